The van der Waals surface area contributed by atoms with Crippen LogP contribution in [0, 0.1) is 0 Å². The fourth-order valence-electron chi connectivity index (χ4n) is 1.87. The molecule has 166 valence electrons. The summed E-state index contributed by atoms with van der Waals surface area (Å²) in [5, 5.41) is 0. The molecule has 0 aromatic carbocycles. The zero-order valence-electron chi connectivity index (χ0n) is 14.9. The van der Waals surface area contributed by atoms with Crippen LogP contribution < -0.4 is 0 Å². The molecule has 0 unspecified atom stereocenters. The first-order valence-corrected chi connectivity index (χ1v) is 8.51. The number of ether oxygens (including phenoxy) is 2. The first-order chi connectivity index (χ1) is 12.9. The molecule has 0 heterocycles. The van der Waals surface area contributed by atoms with Gasteiger partial charge in [-0.15, -0.1) is 0 Å². The van der Waals surface area contributed by atoms with Gasteiger partial charge < -0.3 is 9.47 Å². The molecule has 0 aromatic rings. The smallest absolute Gasteiger partial charge is 0.340 e. The van der Waals surface area contributed by atoms with E-state index in [-0.39, 0.29) is 12.8 Å². The van der Waals surface area contributed by atoms with Crippen molar-refractivity contribution in [3.05, 3.63) is 0 Å². The average molecular weight is 430 g/mol. The molecule has 0 saturated carbocycles. The van der Waals surface area contributed by atoms with Crippen LogP contribution in [-0.4, -0.2) is 49.8 Å². The Labute approximate surface area is 156 Å². The Morgan fingerprint density at radius 1 is 0.607 bits per heavy atom. The van der Waals surface area contributed by atoms with E-state index in [9.17, 15) is 44.7 Å². The normalized spacial score (nSPS) is 12.5. The highest BCUT2D eigenvalue weighted by atomic mass is 19.3. The summed E-state index contributed by atoms with van der Waals surface area (Å²) in [6.07, 6.45) is -5.40. The zero-order valence-corrected chi connectivity index (χ0v) is 14.9. The molecule has 0 fully saturated rings. The average Bonchev–Trinajstić information content (AvgIpc) is 2.60. The molecule has 0 amide bonds. The summed E-state index contributed by atoms with van der Waals surface area (Å²) in [6, 6.07) is 0. The molecule has 0 bridgehead atoms. The maximum absolute atomic E-state index is 12.5. The molecule has 0 aliphatic heterocycles. The number of rotatable bonds is 15. The van der Waals surface area contributed by atoms with Crippen LogP contribution in [0.2, 0.25) is 0 Å². The molecule has 12 heteroatoms. The van der Waals surface area contributed by atoms with Crippen LogP contribution in [0.4, 0.5) is 35.1 Å². The molecule has 0 N–H and O–H groups in total. The number of hydrogen-bond acceptors (Lipinski definition) is 4. The summed E-state index contributed by atoms with van der Waals surface area (Å²) in [5.41, 5.74) is 0. The van der Waals surface area contributed by atoms with Crippen molar-refractivity contribution in [2.75, 3.05) is 13.2 Å². The summed E-state index contributed by atoms with van der Waals surface area (Å²) in [7, 11) is 0. The van der Waals surface area contributed by atoms with Crippen LogP contribution in [-0.2, 0) is 19.1 Å². The molecular formula is C16H22F8O4. The molecule has 0 atom stereocenters. The number of carbonyl (C=O) groups is 2. The van der Waals surface area contributed by atoms with E-state index in [4.69, 9.17) is 0 Å². The monoisotopic (exact) mass is 430 g/mol. The maximum Gasteiger partial charge on any atom is 0.340 e. The van der Waals surface area contributed by atoms with Gasteiger partial charge in [-0.3, -0.25) is 9.59 Å². The first kappa shape index (κ1) is 26.4. The van der Waals surface area contributed by atoms with E-state index >= 15 is 0 Å². The van der Waals surface area contributed by atoms with Gasteiger partial charge in [0.15, 0.2) is 13.2 Å². The van der Waals surface area contributed by atoms with Gasteiger partial charge in [0, 0.05) is 12.8 Å². The van der Waals surface area contributed by atoms with Crippen molar-refractivity contribution >= 4 is 11.9 Å². The van der Waals surface area contributed by atoms with E-state index in [0.717, 1.165) is 0 Å². The molecule has 0 aliphatic carbocycles. The molecule has 0 spiro atoms. The summed E-state index contributed by atoms with van der Waals surface area (Å²) in [5.74, 6) is -10.8. The van der Waals surface area contributed by atoms with Gasteiger partial charge in [-0.1, -0.05) is 25.7 Å². The van der Waals surface area contributed by atoms with Gasteiger partial charge in [0.1, 0.15) is 0 Å². The Morgan fingerprint density at radius 2 is 0.893 bits per heavy atom. The van der Waals surface area contributed by atoms with E-state index < -0.39 is 49.8 Å². The lowest BCUT2D eigenvalue weighted by atomic mass is 10.1. The number of esters is 2. The van der Waals surface area contributed by atoms with Crippen molar-refractivity contribution in [2.45, 2.75) is 76.1 Å². The van der Waals surface area contributed by atoms with Crippen LogP contribution in [0.3, 0.4) is 0 Å². The fourth-order valence-corrected chi connectivity index (χ4v) is 1.87. The van der Waals surface area contributed by atoms with Crippen molar-refractivity contribution in [3.63, 3.8) is 0 Å². The SMILES string of the molecule is O=C(CCCCCCCCC(=O)OCC(F)(F)C(F)F)OCC(F)(F)C(F)F. The lowest BCUT2D eigenvalue weighted by Gasteiger charge is -2.15. The van der Waals surface area contributed by atoms with Gasteiger partial charge in [-0.05, 0) is 12.8 Å². The van der Waals surface area contributed by atoms with E-state index in [1.54, 1.807) is 0 Å². The highest BCUT2D eigenvalue weighted by Crippen LogP contribution is 2.24. The lowest BCUT2D eigenvalue weighted by molar-refractivity contribution is -0.180. The van der Waals surface area contributed by atoms with Gasteiger partial charge in [0.2, 0.25) is 0 Å². The number of carbonyl (C=O) groups excluding carboxylic acids is 2. The van der Waals surface area contributed by atoms with Crippen molar-refractivity contribution in [1.29, 1.82) is 0 Å². The predicted octanol–water partition coefficient (Wildman–Crippen LogP) is 4.99. The van der Waals surface area contributed by atoms with Gasteiger partial charge in [0.05, 0.1) is 0 Å². The van der Waals surface area contributed by atoms with Crippen molar-refractivity contribution < 1.29 is 54.2 Å². The summed E-state index contributed by atoms with van der Waals surface area (Å²) in [4.78, 5) is 22.3. The van der Waals surface area contributed by atoms with Crippen LogP contribution in [0.25, 0.3) is 0 Å². The highest BCUT2D eigenvalue weighted by Gasteiger charge is 2.42. The second-order valence-electron chi connectivity index (χ2n) is 6.07. The van der Waals surface area contributed by atoms with Crippen molar-refractivity contribution in [3.8, 4) is 0 Å². The third-order valence-corrected chi connectivity index (χ3v) is 3.50. The molecule has 0 aliphatic rings. The molecule has 0 saturated heterocycles. The summed E-state index contributed by atoms with van der Waals surface area (Å²) >= 11 is 0. The number of hydrogen-bond donors (Lipinski definition) is 0. The van der Waals surface area contributed by atoms with E-state index in [1.807, 2.05) is 0 Å². The quantitative estimate of drug-likeness (QED) is 0.209. The Morgan fingerprint density at radius 3 is 1.18 bits per heavy atom. The van der Waals surface area contributed by atoms with Gasteiger partial charge in [-0.2, -0.15) is 17.6 Å². The second kappa shape index (κ2) is 12.8. The molecule has 0 aromatic heterocycles. The summed E-state index contributed by atoms with van der Waals surface area (Å²) < 4.78 is 106. The molecule has 28 heavy (non-hydrogen) atoms. The van der Waals surface area contributed by atoms with E-state index in [2.05, 4.69) is 9.47 Å². The number of halogens is 8. The topological polar surface area (TPSA) is 52.6 Å². The minimum absolute atomic E-state index is 0.204. The maximum atomic E-state index is 12.5. The minimum Gasteiger partial charge on any atom is -0.459 e. The van der Waals surface area contributed by atoms with E-state index in [1.165, 1.54) is 0 Å². The molecule has 4 nitrogen and oxygen atoms in total. The molecular weight excluding hydrogens is 408 g/mol. The molecule has 0 rings (SSSR count). The Balaban J connectivity index is 3.62. The molecule has 0 radical (unpaired) electrons. The second-order valence-corrected chi connectivity index (χ2v) is 6.07. The van der Waals surface area contributed by atoms with Crippen molar-refractivity contribution in [1.82, 2.24) is 0 Å². The van der Waals surface area contributed by atoms with Gasteiger partial charge in [-0.25, -0.2) is 17.6 Å². The number of unbranched alkanes of at least 4 members (excludes halogenated alkanes) is 5. The highest BCUT2D eigenvalue weighted by molar-refractivity contribution is 5.69. The largest absolute Gasteiger partial charge is 0.459 e. The number of alkyl halides is 8. The fraction of sp³-hybridized carbons (Fsp3) is 0.875. The third kappa shape index (κ3) is 12.0. The minimum atomic E-state index is -4.38. The van der Waals surface area contributed by atoms with Crippen LogP contribution in [0.15, 0.2) is 0 Å². The standard InChI is InChI=1S/C16H22F8O4/c17-13(18)15(21,22)9-27-11(25)7-5-3-1-2-4-6-8-12(26)28-10-16(23,24)14(19)20/h13-14H,1-10H2. The van der Waals surface area contributed by atoms with Crippen LogP contribution in [0.5, 0.6) is 0 Å². The Bertz CT molecular complexity index is 430. The lowest BCUT2D eigenvalue weighted by Crippen LogP contribution is -2.33. The van der Waals surface area contributed by atoms with E-state index in [0.29, 0.717) is 38.5 Å². The first-order valence-electron chi connectivity index (χ1n) is 8.51. The zero-order chi connectivity index (χ0) is 21.8. The van der Waals surface area contributed by atoms with Crippen molar-refractivity contribution in [2.24, 2.45) is 0 Å². The summed E-state index contributed by atoms with van der Waals surface area (Å²) in [6.45, 7) is -3.36. The predicted molar refractivity (Wildman–Crippen MR) is 80.8 cm³/mol. The van der Waals surface area contributed by atoms with Gasteiger partial charge >= 0.3 is 36.6 Å². The van der Waals surface area contributed by atoms with Crippen LogP contribution in [0.1, 0.15) is 51.4 Å². The Kier molecular flexibility index (Phi) is 12.0. The third-order valence-electron chi connectivity index (χ3n) is 3.50. The van der Waals surface area contributed by atoms with Gasteiger partial charge in [0.25, 0.3) is 0 Å². The van der Waals surface area contributed by atoms with Crippen LogP contribution >= 0.6 is 0 Å². The Hall–Kier alpha value is -1.62.